The second-order valence-electron chi connectivity index (χ2n) is 7.93. The first-order valence-corrected chi connectivity index (χ1v) is 11.5. The van der Waals surface area contributed by atoms with E-state index in [2.05, 4.69) is 12.2 Å². The van der Waals surface area contributed by atoms with Gasteiger partial charge in [-0.25, -0.2) is 4.98 Å². The lowest BCUT2D eigenvalue weighted by molar-refractivity contribution is -0.119. The molecule has 0 radical (unpaired) electrons. The maximum atomic E-state index is 13.5. The van der Waals surface area contributed by atoms with Crippen LogP contribution in [0.4, 0.5) is 5.69 Å². The van der Waals surface area contributed by atoms with Gasteiger partial charge in [0.2, 0.25) is 5.91 Å². The van der Waals surface area contributed by atoms with Crippen LogP contribution in [0.15, 0.2) is 66.7 Å². The number of aryl methyl sites for hydroxylation is 1. The highest BCUT2D eigenvalue weighted by molar-refractivity contribution is 6.36. The average molecular weight is 466 g/mol. The molecule has 4 nitrogen and oxygen atoms in total. The van der Waals surface area contributed by atoms with Crippen LogP contribution >= 0.6 is 23.2 Å². The summed E-state index contributed by atoms with van der Waals surface area (Å²) >= 11 is 12.9. The Morgan fingerprint density at radius 3 is 2.47 bits per heavy atom. The first-order valence-electron chi connectivity index (χ1n) is 10.7. The van der Waals surface area contributed by atoms with Gasteiger partial charge in [0.05, 0.1) is 11.0 Å². The lowest BCUT2D eigenvalue weighted by Gasteiger charge is -2.21. The number of anilines is 1. The number of rotatable bonds is 7. The number of nitrogens with one attached hydrogen (secondary N) is 1. The van der Waals surface area contributed by atoms with Crippen molar-refractivity contribution in [2.45, 2.75) is 39.2 Å². The Balaban J connectivity index is 1.79. The number of halogens is 2. The maximum Gasteiger partial charge on any atom is 0.247 e. The van der Waals surface area contributed by atoms with Crippen molar-refractivity contribution in [1.82, 2.24) is 9.55 Å². The SMILES string of the molecule is CCCC(C(=O)Nc1cccc(C)c1)n1c(Cc2c(Cl)cccc2Cl)nc2ccccc21. The summed E-state index contributed by atoms with van der Waals surface area (Å²) < 4.78 is 2.05. The minimum Gasteiger partial charge on any atom is -0.324 e. The number of carbonyl (C=O) groups is 1. The number of carbonyl (C=O) groups excluding carboxylic acids is 1. The fourth-order valence-electron chi connectivity index (χ4n) is 4.03. The van der Waals surface area contributed by atoms with Gasteiger partial charge in [-0.1, -0.05) is 66.9 Å². The van der Waals surface area contributed by atoms with Crippen molar-refractivity contribution < 1.29 is 4.79 Å². The molecular formula is C26H25Cl2N3O. The van der Waals surface area contributed by atoms with Gasteiger partial charge < -0.3 is 9.88 Å². The number of hydrogen-bond donors (Lipinski definition) is 1. The summed E-state index contributed by atoms with van der Waals surface area (Å²) in [4.78, 5) is 18.3. The number of para-hydroxylation sites is 2. The Labute approximate surface area is 198 Å². The van der Waals surface area contributed by atoms with Crippen molar-refractivity contribution >= 4 is 45.8 Å². The van der Waals surface area contributed by atoms with E-state index in [9.17, 15) is 4.79 Å². The highest BCUT2D eigenvalue weighted by Gasteiger charge is 2.26. The Morgan fingerprint density at radius 1 is 1.03 bits per heavy atom. The van der Waals surface area contributed by atoms with Crippen molar-refractivity contribution in [3.63, 3.8) is 0 Å². The van der Waals surface area contributed by atoms with Gasteiger partial charge in [0.25, 0.3) is 0 Å². The van der Waals surface area contributed by atoms with E-state index >= 15 is 0 Å². The topological polar surface area (TPSA) is 46.9 Å². The number of benzene rings is 3. The predicted octanol–water partition coefficient (Wildman–Crippen LogP) is 7.22. The highest BCUT2D eigenvalue weighted by Crippen LogP contribution is 2.31. The molecule has 0 aliphatic carbocycles. The molecule has 0 saturated heterocycles. The van der Waals surface area contributed by atoms with Crippen LogP contribution in [0, 0.1) is 6.92 Å². The van der Waals surface area contributed by atoms with E-state index in [1.807, 2.05) is 78.2 Å². The Hall–Kier alpha value is -2.82. The van der Waals surface area contributed by atoms with Gasteiger partial charge in [-0.15, -0.1) is 0 Å². The number of aromatic nitrogens is 2. The average Bonchev–Trinajstić information content (AvgIpc) is 3.12. The molecule has 1 atom stereocenters. The van der Waals surface area contributed by atoms with Gasteiger partial charge >= 0.3 is 0 Å². The normalized spacial score (nSPS) is 12.1. The van der Waals surface area contributed by atoms with E-state index in [0.717, 1.165) is 40.1 Å². The Bertz CT molecular complexity index is 1240. The summed E-state index contributed by atoms with van der Waals surface area (Å²) in [7, 11) is 0. The van der Waals surface area contributed by atoms with E-state index in [0.29, 0.717) is 22.9 Å². The van der Waals surface area contributed by atoms with Crippen LogP contribution in [0.1, 0.15) is 42.8 Å². The molecule has 0 saturated carbocycles. The molecule has 1 heterocycles. The lowest BCUT2D eigenvalue weighted by Crippen LogP contribution is -2.27. The Morgan fingerprint density at radius 2 is 1.75 bits per heavy atom. The number of nitrogens with zero attached hydrogens (tertiary/aromatic N) is 2. The smallest absolute Gasteiger partial charge is 0.247 e. The molecule has 0 aliphatic rings. The van der Waals surface area contributed by atoms with Crippen LogP contribution in [0.3, 0.4) is 0 Å². The van der Waals surface area contributed by atoms with Gasteiger partial charge in [0.1, 0.15) is 11.9 Å². The summed E-state index contributed by atoms with van der Waals surface area (Å²) in [6.45, 7) is 4.09. The summed E-state index contributed by atoms with van der Waals surface area (Å²) in [6, 6.07) is 20.8. The van der Waals surface area contributed by atoms with Gasteiger partial charge in [-0.2, -0.15) is 0 Å². The second kappa shape index (κ2) is 9.76. The minimum absolute atomic E-state index is 0.0629. The van der Waals surface area contributed by atoms with Crippen molar-refractivity contribution in [3.8, 4) is 0 Å². The third kappa shape index (κ3) is 4.67. The largest absolute Gasteiger partial charge is 0.324 e. The van der Waals surface area contributed by atoms with Crippen LogP contribution in [-0.4, -0.2) is 15.5 Å². The van der Waals surface area contributed by atoms with Gasteiger partial charge in [0, 0.05) is 22.2 Å². The highest BCUT2D eigenvalue weighted by atomic mass is 35.5. The number of fused-ring (bicyclic) bond motifs is 1. The fourth-order valence-corrected chi connectivity index (χ4v) is 4.56. The molecule has 0 spiro atoms. The molecule has 0 aliphatic heterocycles. The maximum absolute atomic E-state index is 13.5. The molecule has 0 fully saturated rings. The zero-order valence-electron chi connectivity index (χ0n) is 18.1. The summed E-state index contributed by atoms with van der Waals surface area (Å²) in [6.07, 6.45) is 1.97. The summed E-state index contributed by atoms with van der Waals surface area (Å²) in [5, 5.41) is 4.28. The van der Waals surface area contributed by atoms with Crippen LogP contribution in [-0.2, 0) is 11.2 Å². The van der Waals surface area contributed by atoms with Crippen molar-refractivity contribution in [2.24, 2.45) is 0 Å². The van der Waals surface area contributed by atoms with Crippen LogP contribution in [0.5, 0.6) is 0 Å². The third-order valence-corrected chi connectivity index (χ3v) is 6.24. The Kier molecular flexibility index (Phi) is 6.83. The summed E-state index contributed by atoms with van der Waals surface area (Å²) in [5.74, 6) is 0.700. The molecule has 1 unspecified atom stereocenters. The molecule has 3 aromatic carbocycles. The molecule has 1 amide bonds. The summed E-state index contributed by atoms with van der Waals surface area (Å²) in [5.41, 5.74) is 4.45. The van der Waals surface area contributed by atoms with E-state index < -0.39 is 6.04 Å². The molecule has 4 rings (SSSR count). The van der Waals surface area contributed by atoms with Crippen LogP contribution < -0.4 is 5.32 Å². The second-order valence-corrected chi connectivity index (χ2v) is 8.74. The standard InChI is InChI=1S/C26H25Cl2N3O/c1-3-8-24(26(32)29-18-10-6-9-17(2)15-18)31-23-14-5-4-13-22(23)30-25(31)16-19-20(27)11-7-12-21(19)28/h4-7,9-15,24H,3,8,16H2,1-2H3,(H,29,32). The lowest BCUT2D eigenvalue weighted by atomic mass is 10.1. The van der Waals surface area contributed by atoms with E-state index in [-0.39, 0.29) is 5.91 Å². The fraction of sp³-hybridized carbons (Fsp3) is 0.231. The molecule has 6 heteroatoms. The minimum atomic E-state index is -0.413. The van der Waals surface area contributed by atoms with Crippen LogP contribution in [0.25, 0.3) is 11.0 Å². The molecule has 0 bridgehead atoms. The molecular weight excluding hydrogens is 441 g/mol. The molecule has 32 heavy (non-hydrogen) atoms. The van der Waals surface area contributed by atoms with Gasteiger partial charge in [0.15, 0.2) is 0 Å². The first kappa shape index (κ1) is 22.4. The number of hydrogen-bond acceptors (Lipinski definition) is 2. The molecule has 1 N–H and O–H groups in total. The molecule has 164 valence electrons. The third-order valence-electron chi connectivity index (χ3n) is 5.53. The first-order chi connectivity index (χ1) is 15.5. The van der Waals surface area contributed by atoms with Crippen molar-refractivity contribution in [3.05, 3.63) is 93.7 Å². The molecule has 4 aromatic rings. The van der Waals surface area contributed by atoms with Gasteiger partial charge in [-0.3, -0.25) is 4.79 Å². The van der Waals surface area contributed by atoms with Crippen molar-refractivity contribution in [2.75, 3.05) is 5.32 Å². The quantitative estimate of drug-likeness (QED) is 0.313. The predicted molar refractivity (Wildman–Crippen MR) is 133 cm³/mol. The zero-order valence-corrected chi connectivity index (χ0v) is 19.6. The number of amides is 1. The van der Waals surface area contributed by atoms with Gasteiger partial charge in [-0.05, 0) is 60.9 Å². The molecule has 1 aromatic heterocycles. The monoisotopic (exact) mass is 465 g/mol. The van der Waals surface area contributed by atoms with Crippen molar-refractivity contribution in [1.29, 1.82) is 0 Å². The van der Waals surface area contributed by atoms with Crippen LogP contribution in [0.2, 0.25) is 10.0 Å². The van der Waals surface area contributed by atoms with E-state index in [4.69, 9.17) is 28.2 Å². The van der Waals surface area contributed by atoms with E-state index in [1.54, 1.807) is 0 Å². The van der Waals surface area contributed by atoms with E-state index in [1.165, 1.54) is 0 Å². The zero-order chi connectivity index (χ0) is 22.7. The number of imidazole rings is 1.